The van der Waals surface area contributed by atoms with E-state index in [9.17, 15) is 22.8 Å². The number of fused-ring (bicyclic) bond motifs is 1. The van der Waals surface area contributed by atoms with Crippen molar-refractivity contribution < 1.29 is 27.5 Å². The predicted octanol–water partition coefficient (Wildman–Crippen LogP) is 1.76. The van der Waals surface area contributed by atoms with Gasteiger partial charge < -0.3 is 14.2 Å². The normalized spacial score (nSPS) is 16.9. The summed E-state index contributed by atoms with van der Waals surface area (Å²) in [4.78, 5) is 42.8. The third kappa shape index (κ3) is 6.12. The Balaban J connectivity index is 1.83. The highest BCUT2D eigenvalue weighted by Crippen LogP contribution is 2.20. The van der Waals surface area contributed by atoms with E-state index in [1.807, 2.05) is 6.92 Å². The molecular formula is C23H27N3O6S2. The molecule has 0 saturated carbocycles. The Morgan fingerprint density at radius 1 is 1.26 bits per heavy atom. The number of aromatic nitrogens is 1. The third-order valence-corrected chi connectivity index (χ3v) is 7.89. The van der Waals surface area contributed by atoms with Gasteiger partial charge in [-0.25, -0.2) is 13.2 Å². The average Bonchev–Trinajstić information content (AvgIpc) is 3.09. The van der Waals surface area contributed by atoms with Crippen molar-refractivity contribution in [1.29, 1.82) is 0 Å². The van der Waals surface area contributed by atoms with Gasteiger partial charge >= 0.3 is 5.97 Å². The number of terminal acetylenes is 1. The number of carbonyl (C=O) groups excluding carboxylic acids is 3. The summed E-state index contributed by atoms with van der Waals surface area (Å²) in [7, 11) is -3.99. The lowest BCUT2D eigenvalue weighted by Crippen LogP contribution is -2.45. The molecule has 0 aliphatic carbocycles. The fraction of sp³-hybridized carbons (Fsp3) is 0.478. The Bertz CT molecular complexity index is 1320. The van der Waals surface area contributed by atoms with E-state index < -0.39 is 39.1 Å². The number of likely N-dealkylation sites (tertiary alicyclic amines) is 1. The van der Waals surface area contributed by atoms with E-state index in [4.69, 9.17) is 11.2 Å². The van der Waals surface area contributed by atoms with Crippen molar-refractivity contribution in [1.82, 2.24) is 9.47 Å². The Kier molecular flexibility index (Phi) is 8.28. The second-order valence-corrected chi connectivity index (χ2v) is 11.1. The van der Waals surface area contributed by atoms with Crippen LogP contribution in [0, 0.1) is 12.3 Å². The van der Waals surface area contributed by atoms with Crippen molar-refractivity contribution in [2.75, 3.05) is 24.7 Å². The van der Waals surface area contributed by atoms with Gasteiger partial charge in [0.2, 0.25) is 5.91 Å². The van der Waals surface area contributed by atoms with Crippen LogP contribution in [0.25, 0.3) is 10.2 Å². The van der Waals surface area contributed by atoms with Crippen LogP contribution in [0.4, 0.5) is 0 Å². The van der Waals surface area contributed by atoms with Crippen LogP contribution >= 0.6 is 11.3 Å². The number of piperidine rings is 1. The number of carbonyl (C=O) groups is 3. The monoisotopic (exact) mass is 505 g/mol. The number of thiazole rings is 1. The second kappa shape index (κ2) is 11.0. The van der Waals surface area contributed by atoms with Gasteiger partial charge in [-0.05, 0) is 51.3 Å². The van der Waals surface area contributed by atoms with Gasteiger partial charge in [0.05, 0.1) is 28.9 Å². The summed E-state index contributed by atoms with van der Waals surface area (Å²) in [5.41, 5.74) is 0.994. The first-order chi connectivity index (χ1) is 16.1. The molecular weight excluding hydrogens is 478 g/mol. The number of rotatable bonds is 7. The maximum Gasteiger partial charge on any atom is 0.338 e. The molecule has 0 spiro atoms. The number of sulfone groups is 1. The highest BCUT2D eigenvalue weighted by molar-refractivity contribution is 7.92. The average molecular weight is 506 g/mol. The summed E-state index contributed by atoms with van der Waals surface area (Å²) >= 11 is 1.11. The SMILES string of the molecule is C#CCn1c(=NC(=O)CS(=O)(=O)CC(=O)N2CCCCC2C)sc2cc(C(=O)OCC)ccc21. The number of benzene rings is 1. The summed E-state index contributed by atoms with van der Waals surface area (Å²) in [6.07, 6.45) is 8.13. The molecule has 2 amide bonds. The minimum Gasteiger partial charge on any atom is -0.462 e. The molecule has 1 saturated heterocycles. The summed E-state index contributed by atoms with van der Waals surface area (Å²) in [5.74, 6) is -0.967. The molecule has 2 aromatic rings. The van der Waals surface area contributed by atoms with Gasteiger partial charge in [-0.15, -0.1) is 6.42 Å². The number of nitrogens with zero attached hydrogens (tertiary/aromatic N) is 3. The predicted molar refractivity (Wildman–Crippen MR) is 129 cm³/mol. The minimum absolute atomic E-state index is 0.0161. The lowest BCUT2D eigenvalue weighted by Gasteiger charge is -2.33. The zero-order chi connectivity index (χ0) is 24.9. The van der Waals surface area contributed by atoms with Crippen LogP contribution < -0.4 is 4.80 Å². The van der Waals surface area contributed by atoms with Crippen molar-refractivity contribution in [3.8, 4) is 12.3 Å². The van der Waals surface area contributed by atoms with Crippen molar-refractivity contribution in [2.24, 2.45) is 4.99 Å². The molecule has 0 N–H and O–H groups in total. The Labute approximate surface area is 202 Å². The van der Waals surface area contributed by atoms with Gasteiger partial charge in [-0.2, -0.15) is 4.99 Å². The van der Waals surface area contributed by atoms with E-state index in [1.165, 1.54) is 0 Å². The number of esters is 1. The lowest BCUT2D eigenvalue weighted by molar-refractivity contribution is -0.131. The molecule has 9 nitrogen and oxygen atoms in total. The molecule has 3 rings (SSSR count). The van der Waals surface area contributed by atoms with Crippen molar-refractivity contribution in [3.63, 3.8) is 0 Å². The first kappa shape index (κ1) is 25.6. The highest BCUT2D eigenvalue weighted by atomic mass is 32.2. The molecule has 0 bridgehead atoms. The summed E-state index contributed by atoms with van der Waals surface area (Å²) in [5, 5.41) is 0. The molecule has 1 aliphatic rings. The van der Waals surface area contributed by atoms with Crippen LogP contribution in [-0.4, -0.2) is 66.4 Å². The van der Waals surface area contributed by atoms with Crippen molar-refractivity contribution in [2.45, 2.75) is 45.7 Å². The van der Waals surface area contributed by atoms with Crippen LogP contribution in [0.15, 0.2) is 23.2 Å². The van der Waals surface area contributed by atoms with E-state index in [0.717, 1.165) is 30.6 Å². The van der Waals surface area contributed by atoms with Crippen LogP contribution in [0.2, 0.25) is 0 Å². The maximum atomic E-state index is 12.5. The summed E-state index contributed by atoms with van der Waals surface area (Å²) in [6.45, 7) is 4.46. The second-order valence-electron chi connectivity index (χ2n) is 8.05. The summed E-state index contributed by atoms with van der Waals surface area (Å²) < 4.78 is 32.3. The zero-order valence-electron chi connectivity index (χ0n) is 19.2. The fourth-order valence-corrected chi connectivity index (χ4v) is 6.03. The molecule has 1 aromatic carbocycles. The quantitative estimate of drug-likeness (QED) is 0.418. The van der Waals surface area contributed by atoms with Crippen LogP contribution in [0.5, 0.6) is 0 Å². The lowest BCUT2D eigenvalue weighted by atomic mass is 10.0. The first-order valence-corrected chi connectivity index (χ1v) is 13.6. The Hall–Kier alpha value is -2.97. The van der Waals surface area contributed by atoms with Gasteiger partial charge in [0, 0.05) is 12.6 Å². The van der Waals surface area contributed by atoms with Gasteiger partial charge in [0.1, 0.15) is 11.5 Å². The molecule has 1 fully saturated rings. The maximum absolute atomic E-state index is 12.5. The molecule has 1 atom stereocenters. The van der Waals surface area contributed by atoms with Gasteiger partial charge in [0.25, 0.3) is 5.91 Å². The molecule has 1 unspecified atom stereocenters. The Morgan fingerprint density at radius 3 is 2.71 bits per heavy atom. The van der Waals surface area contributed by atoms with E-state index in [1.54, 1.807) is 34.6 Å². The standard InChI is InChI=1S/C23H27N3O6S2/c1-4-11-26-18-10-9-17(22(29)32-5-2)13-19(18)33-23(26)24-20(27)14-34(30,31)15-21(28)25-12-7-6-8-16(25)3/h1,9-10,13,16H,5-8,11-12,14-15H2,2-3H3. The number of hydrogen-bond acceptors (Lipinski definition) is 7. The molecule has 1 aliphatic heterocycles. The minimum atomic E-state index is -3.99. The molecule has 0 radical (unpaired) electrons. The molecule has 34 heavy (non-hydrogen) atoms. The molecule has 2 heterocycles. The van der Waals surface area contributed by atoms with E-state index >= 15 is 0 Å². The highest BCUT2D eigenvalue weighted by Gasteiger charge is 2.28. The smallest absolute Gasteiger partial charge is 0.338 e. The third-order valence-electron chi connectivity index (χ3n) is 5.47. The van der Waals surface area contributed by atoms with Crippen molar-refractivity contribution in [3.05, 3.63) is 28.6 Å². The zero-order valence-corrected chi connectivity index (χ0v) is 20.8. The molecule has 182 valence electrons. The fourth-order valence-electron chi connectivity index (χ4n) is 3.86. The van der Waals surface area contributed by atoms with E-state index in [0.29, 0.717) is 22.3 Å². The van der Waals surface area contributed by atoms with Crippen LogP contribution in [0.1, 0.15) is 43.5 Å². The van der Waals surface area contributed by atoms with E-state index in [2.05, 4.69) is 10.9 Å². The van der Waals surface area contributed by atoms with Gasteiger partial charge in [-0.3, -0.25) is 9.59 Å². The first-order valence-electron chi connectivity index (χ1n) is 11.0. The van der Waals surface area contributed by atoms with E-state index in [-0.39, 0.29) is 24.0 Å². The number of amides is 2. The molecule has 11 heteroatoms. The van der Waals surface area contributed by atoms with Crippen LogP contribution in [0.3, 0.4) is 0 Å². The molecule has 1 aromatic heterocycles. The topological polar surface area (TPSA) is 115 Å². The largest absolute Gasteiger partial charge is 0.462 e. The van der Waals surface area contributed by atoms with Gasteiger partial charge in [0.15, 0.2) is 14.6 Å². The Morgan fingerprint density at radius 2 is 2.03 bits per heavy atom. The number of ether oxygens (including phenoxy) is 1. The van der Waals surface area contributed by atoms with Crippen LogP contribution in [-0.2, 0) is 30.7 Å². The van der Waals surface area contributed by atoms with Gasteiger partial charge in [-0.1, -0.05) is 17.3 Å². The summed E-state index contributed by atoms with van der Waals surface area (Å²) in [6, 6.07) is 4.86. The number of hydrogen-bond donors (Lipinski definition) is 0. The van der Waals surface area contributed by atoms with Crippen molar-refractivity contribution >= 4 is 49.2 Å².